The number of nitriles is 1. The van der Waals surface area contributed by atoms with Crippen molar-refractivity contribution in [1.29, 1.82) is 5.26 Å². The fraction of sp³-hybridized carbons (Fsp3) is 0.148. The molecule has 0 bridgehead atoms. The van der Waals surface area contributed by atoms with Gasteiger partial charge in [-0.1, -0.05) is 26.0 Å². The number of carboxylic acids is 1. The molecule has 0 aliphatic carbocycles. The molecule has 5 aromatic rings. The summed E-state index contributed by atoms with van der Waals surface area (Å²) in [6.07, 6.45) is 1.91. The Kier molecular flexibility index (Phi) is 5.13. The number of benzene rings is 2. The number of aromatic carboxylic acids is 1. The van der Waals surface area contributed by atoms with E-state index in [9.17, 15) is 23.9 Å². The van der Waals surface area contributed by atoms with Gasteiger partial charge in [-0.3, -0.25) is 0 Å². The number of hydrogen-bond acceptors (Lipinski definition) is 3. The van der Waals surface area contributed by atoms with Gasteiger partial charge >= 0.3 is 5.97 Å². The molecule has 3 aromatic heterocycles. The van der Waals surface area contributed by atoms with E-state index < -0.39 is 23.0 Å². The van der Waals surface area contributed by atoms with Crippen LogP contribution in [-0.2, 0) is 5.41 Å². The molecule has 6 nitrogen and oxygen atoms in total. The lowest BCUT2D eigenvalue weighted by Gasteiger charge is -2.26. The number of hydrogen-bond donors (Lipinski definition) is 2. The predicted molar refractivity (Wildman–Crippen MR) is 128 cm³/mol. The Morgan fingerprint density at radius 2 is 1.86 bits per heavy atom. The molecule has 2 N–H and O–H groups in total. The minimum absolute atomic E-state index is 0.135. The smallest absolute Gasteiger partial charge is 0.335 e. The molecule has 0 atom stereocenters. The molecule has 174 valence electrons. The molecule has 35 heavy (non-hydrogen) atoms. The van der Waals surface area contributed by atoms with Crippen LogP contribution in [0.25, 0.3) is 38.9 Å². The van der Waals surface area contributed by atoms with Gasteiger partial charge in [0.1, 0.15) is 5.65 Å². The van der Waals surface area contributed by atoms with Gasteiger partial charge in [-0.25, -0.2) is 18.6 Å². The van der Waals surface area contributed by atoms with Gasteiger partial charge in [-0.15, -0.1) is 0 Å². The number of carbonyl (C=O) groups is 1. The summed E-state index contributed by atoms with van der Waals surface area (Å²) in [7, 11) is 0. The number of nitrogens with zero attached hydrogens (tertiary/aromatic N) is 3. The molecule has 0 saturated heterocycles. The average molecular weight is 470 g/mol. The lowest BCUT2D eigenvalue weighted by molar-refractivity contribution is 0.0697. The molecular weight excluding hydrogens is 450 g/mol. The van der Waals surface area contributed by atoms with E-state index >= 15 is 0 Å². The summed E-state index contributed by atoms with van der Waals surface area (Å²) >= 11 is 0. The van der Waals surface area contributed by atoms with E-state index in [1.54, 1.807) is 18.3 Å². The Morgan fingerprint density at radius 1 is 1.11 bits per heavy atom. The standard InChI is InChI=1S/C27H20F2N4O2/c1-27(2,10-11-30)24-22(15-3-5-16(6-4-15)26(34)35)23-21(13-17-9-12-31-25(17)32-23)33(24)18-7-8-19(28)20(29)14-18/h3-9,12-14H,10H2,1-2H3,(H,31,32)(H,34,35). The molecule has 0 fully saturated rings. The van der Waals surface area contributed by atoms with Crippen LogP contribution in [0.3, 0.4) is 0 Å². The fourth-order valence-corrected chi connectivity index (χ4v) is 4.54. The van der Waals surface area contributed by atoms with Crippen LogP contribution in [0, 0.1) is 23.0 Å². The SMILES string of the molecule is CC(C)(CC#N)c1c(-c2ccc(C(=O)O)cc2)c2nc3[nH]ccc3cc2n1-c1ccc(F)c(F)c1. The lowest BCUT2D eigenvalue weighted by atomic mass is 9.82. The van der Waals surface area contributed by atoms with Gasteiger partial charge in [-0.2, -0.15) is 5.26 Å². The number of aromatic nitrogens is 3. The Hall–Kier alpha value is -4.51. The van der Waals surface area contributed by atoms with Crippen molar-refractivity contribution in [2.24, 2.45) is 0 Å². The third-order valence-electron chi connectivity index (χ3n) is 6.20. The highest BCUT2D eigenvalue weighted by Crippen LogP contribution is 2.44. The molecule has 0 aliphatic heterocycles. The van der Waals surface area contributed by atoms with E-state index in [0.29, 0.717) is 39.2 Å². The van der Waals surface area contributed by atoms with Crippen LogP contribution in [0.5, 0.6) is 0 Å². The largest absolute Gasteiger partial charge is 0.478 e. The maximum Gasteiger partial charge on any atom is 0.335 e. The first-order valence-corrected chi connectivity index (χ1v) is 10.9. The molecule has 0 spiro atoms. The van der Waals surface area contributed by atoms with Crippen molar-refractivity contribution >= 4 is 28.0 Å². The molecule has 0 amide bonds. The van der Waals surface area contributed by atoms with Crippen molar-refractivity contribution < 1.29 is 18.7 Å². The second kappa shape index (κ2) is 8.06. The number of carboxylic acid groups (broad SMARTS) is 1. The van der Waals surface area contributed by atoms with E-state index in [1.165, 1.54) is 18.2 Å². The van der Waals surface area contributed by atoms with Gasteiger partial charge in [0.2, 0.25) is 0 Å². The molecule has 0 aliphatic rings. The van der Waals surface area contributed by atoms with Crippen LogP contribution in [0.1, 0.15) is 36.3 Å². The van der Waals surface area contributed by atoms with Gasteiger partial charge in [0.05, 0.1) is 22.7 Å². The number of pyridine rings is 1. The lowest BCUT2D eigenvalue weighted by Crippen LogP contribution is -2.22. The summed E-state index contributed by atoms with van der Waals surface area (Å²) in [5.74, 6) is -2.99. The van der Waals surface area contributed by atoms with Crippen LogP contribution in [0.4, 0.5) is 8.78 Å². The first-order chi connectivity index (χ1) is 16.7. The van der Waals surface area contributed by atoms with Crippen molar-refractivity contribution in [2.75, 3.05) is 0 Å². The highest BCUT2D eigenvalue weighted by atomic mass is 19.2. The van der Waals surface area contributed by atoms with Gasteiger partial charge in [0.15, 0.2) is 11.6 Å². The third-order valence-corrected chi connectivity index (χ3v) is 6.20. The van der Waals surface area contributed by atoms with Crippen molar-refractivity contribution in [3.05, 3.63) is 83.7 Å². The van der Waals surface area contributed by atoms with Crippen LogP contribution < -0.4 is 0 Å². The van der Waals surface area contributed by atoms with Crippen molar-refractivity contribution in [3.8, 4) is 22.9 Å². The minimum Gasteiger partial charge on any atom is -0.478 e. The van der Waals surface area contributed by atoms with E-state index in [4.69, 9.17) is 4.98 Å². The van der Waals surface area contributed by atoms with Crippen LogP contribution >= 0.6 is 0 Å². The van der Waals surface area contributed by atoms with E-state index in [1.807, 2.05) is 30.5 Å². The Labute approximate surface area is 199 Å². The second-order valence-electron chi connectivity index (χ2n) is 9.03. The highest BCUT2D eigenvalue weighted by molar-refractivity contribution is 6.02. The molecule has 8 heteroatoms. The van der Waals surface area contributed by atoms with Crippen LogP contribution in [-0.4, -0.2) is 25.6 Å². The van der Waals surface area contributed by atoms with Crippen molar-refractivity contribution in [3.63, 3.8) is 0 Å². The average Bonchev–Trinajstić information content (AvgIpc) is 3.41. The quantitative estimate of drug-likeness (QED) is 0.313. The number of halogens is 2. The molecule has 5 rings (SSSR count). The monoisotopic (exact) mass is 470 g/mol. The molecule has 0 unspecified atom stereocenters. The first kappa shape index (κ1) is 22.3. The highest BCUT2D eigenvalue weighted by Gasteiger charge is 2.33. The van der Waals surface area contributed by atoms with Crippen molar-refractivity contribution in [2.45, 2.75) is 25.7 Å². The van der Waals surface area contributed by atoms with E-state index in [-0.39, 0.29) is 12.0 Å². The van der Waals surface area contributed by atoms with Crippen LogP contribution in [0.2, 0.25) is 0 Å². The molecule has 3 heterocycles. The zero-order valence-electron chi connectivity index (χ0n) is 18.9. The number of nitrogens with one attached hydrogen (secondary N) is 1. The number of fused-ring (bicyclic) bond motifs is 2. The maximum absolute atomic E-state index is 14.4. The maximum atomic E-state index is 14.4. The zero-order valence-corrected chi connectivity index (χ0v) is 18.9. The topological polar surface area (TPSA) is 94.7 Å². The summed E-state index contributed by atoms with van der Waals surface area (Å²) in [5, 5.41) is 19.8. The molecule has 0 saturated carbocycles. The third kappa shape index (κ3) is 3.62. The predicted octanol–water partition coefficient (Wildman–Crippen LogP) is 6.34. The van der Waals surface area contributed by atoms with Gasteiger partial charge in [0.25, 0.3) is 0 Å². The summed E-state index contributed by atoms with van der Waals surface area (Å²) in [6, 6.07) is 16.1. The summed E-state index contributed by atoms with van der Waals surface area (Å²) in [4.78, 5) is 19.4. The summed E-state index contributed by atoms with van der Waals surface area (Å²) in [5.41, 5.74) is 3.76. The molecule has 2 aromatic carbocycles. The molecular formula is C27H20F2N4O2. The number of H-pyrrole nitrogens is 1. The number of rotatable bonds is 5. The second-order valence-corrected chi connectivity index (χ2v) is 9.03. The normalized spacial score (nSPS) is 11.7. The first-order valence-electron chi connectivity index (χ1n) is 10.9. The van der Waals surface area contributed by atoms with E-state index in [2.05, 4.69) is 11.1 Å². The zero-order chi connectivity index (χ0) is 24.9. The van der Waals surface area contributed by atoms with Gasteiger partial charge in [-0.05, 0) is 42.0 Å². The Bertz CT molecular complexity index is 1660. The summed E-state index contributed by atoms with van der Waals surface area (Å²) < 4.78 is 30.0. The van der Waals surface area contributed by atoms with Gasteiger partial charge in [0, 0.05) is 46.4 Å². The number of aromatic amines is 1. The summed E-state index contributed by atoms with van der Waals surface area (Å²) in [6.45, 7) is 3.81. The van der Waals surface area contributed by atoms with Gasteiger partial charge < -0.3 is 14.7 Å². The van der Waals surface area contributed by atoms with Crippen LogP contribution in [0.15, 0.2) is 60.8 Å². The molecule has 0 radical (unpaired) electrons. The Balaban J connectivity index is 1.96. The fourth-order valence-electron chi connectivity index (χ4n) is 4.54. The van der Waals surface area contributed by atoms with Crippen molar-refractivity contribution in [1.82, 2.24) is 14.5 Å². The Morgan fingerprint density at radius 3 is 2.51 bits per heavy atom. The van der Waals surface area contributed by atoms with E-state index in [0.717, 1.165) is 17.5 Å². The minimum atomic E-state index is -1.04.